The summed E-state index contributed by atoms with van der Waals surface area (Å²) in [6, 6.07) is 7.76. The van der Waals surface area contributed by atoms with Crippen molar-refractivity contribution in [2.45, 2.75) is 39.2 Å². The van der Waals surface area contributed by atoms with E-state index in [1.807, 2.05) is 29.2 Å². The summed E-state index contributed by atoms with van der Waals surface area (Å²) in [7, 11) is 0. The fourth-order valence-electron chi connectivity index (χ4n) is 2.86. The number of aliphatic hydroxyl groups excluding tert-OH is 1. The van der Waals surface area contributed by atoms with E-state index >= 15 is 0 Å². The second kappa shape index (κ2) is 7.28. The smallest absolute Gasteiger partial charge is 0.255 e. The second-order valence-corrected chi connectivity index (χ2v) is 5.80. The van der Waals surface area contributed by atoms with Crippen LogP contribution in [0.1, 0.15) is 49.0 Å². The molecule has 0 radical (unpaired) electrons. The van der Waals surface area contributed by atoms with Crippen LogP contribution in [-0.2, 0) is 0 Å². The molecule has 0 saturated carbocycles. The van der Waals surface area contributed by atoms with Gasteiger partial charge in [-0.1, -0.05) is 30.9 Å². The molecule has 1 aromatic carbocycles. The van der Waals surface area contributed by atoms with Gasteiger partial charge in [-0.15, -0.1) is 0 Å². The fourth-order valence-corrected chi connectivity index (χ4v) is 2.86. The molecule has 0 aromatic heterocycles. The van der Waals surface area contributed by atoms with Gasteiger partial charge in [0.15, 0.2) is 0 Å². The van der Waals surface area contributed by atoms with E-state index in [-0.39, 0.29) is 18.6 Å². The lowest BCUT2D eigenvalue weighted by Gasteiger charge is -2.36. The molecular formula is C18H23NO2. The Morgan fingerprint density at radius 1 is 1.38 bits per heavy atom. The maximum atomic E-state index is 12.8. The third-order valence-electron chi connectivity index (χ3n) is 4.02. The van der Waals surface area contributed by atoms with E-state index in [1.165, 1.54) is 0 Å². The SMILES string of the molecule is CC1CCN(C(=O)c2ccccc2C#CCCO)C(C)C1. The Kier molecular flexibility index (Phi) is 5.41. The molecule has 1 aliphatic heterocycles. The number of likely N-dealkylation sites (tertiary alicyclic amines) is 1. The minimum absolute atomic E-state index is 0.0458. The zero-order valence-corrected chi connectivity index (χ0v) is 12.8. The molecule has 1 fully saturated rings. The van der Waals surface area contributed by atoms with Crippen LogP contribution in [0.4, 0.5) is 0 Å². The minimum Gasteiger partial charge on any atom is -0.395 e. The number of benzene rings is 1. The average Bonchev–Trinajstić information content (AvgIpc) is 2.47. The lowest BCUT2D eigenvalue weighted by atomic mass is 9.92. The van der Waals surface area contributed by atoms with E-state index < -0.39 is 0 Å². The van der Waals surface area contributed by atoms with Crippen LogP contribution in [-0.4, -0.2) is 35.1 Å². The predicted molar refractivity (Wildman–Crippen MR) is 83.9 cm³/mol. The standard InChI is InChI=1S/C18H23NO2/c1-14-10-11-19(15(2)13-14)18(21)17-9-4-3-7-16(17)8-5-6-12-20/h3-4,7,9,14-15,20H,6,10-13H2,1-2H3. The van der Waals surface area contributed by atoms with Gasteiger partial charge in [0.25, 0.3) is 5.91 Å². The summed E-state index contributed by atoms with van der Waals surface area (Å²) in [6.07, 6.45) is 2.55. The summed E-state index contributed by atoms with van der Waals surface area (Å²) in [5.41, 5.74) is 1.42. The van der Waals surface area contributed by atoms with Crippen molar-refractivity contribution in [3.8, 4) is 11.8 Å². The number of hydrogen-bond donors (Lipinski definition) is 1. The lowest BCUT2D eigenvalue weighted by molar-refractivity contribution is 0.0588. The van der Waals surface area contributed by atoms with Crippen LogP contribution in [0.2, 0.25) is 0 Å². The molecule has 1 amide bonds. The van der Waals surface area contributed by atoms with E-state index in [9.17, 15) is 4.79 Å². The van der Waals surface area contributed by atoms with Gasteiger partial charge in [-0.3, -0.25) is 4.79 Å². The number of aliphatic hydroxyl groups is 1. The number of rotatable bonds is 2. The van der Waals surface area contributed by atoms with Crippen LogP contribution in [0.3, 0.4) is 0 Å². The van der Waals surface area contributed by atoms with Gasteiger partial charge in [0.1, 0.15) is 0 Å². The minimum atomic E-state index is 0.0458. The van der Waals surface area contributed by atoms with Gasteiger partial charge in [-0.05, 0) is 37.8 Å². The monoisotopic (exact) mass is 285 g/mol. The molecule has 0 spiro atoms. The number of carbonyl (C=O) groups is 1. The third kappa shape index (κ3) is 3.86. The first kappa shape index (κ1) is 15.6. The van der Waals surface area contributed by atoms with Gasteiger partial charge in [-0.25, -0.2) is 0 Å². The zero-order valence-electron chi connectivity index (χ0n) is 12.8. The molecule has 1 aliphatic rings. The molecule has 2 atom stereocenters. The molecule has 0 bridgehead atoms. The predicted octanol–water partition coefficient (Wildman–Crippen LogP) is 2.68. The molecule has 21 heavy (non-hydrogen) atoms. The Morgan fingerprint density at radius 3 is 2.86 bits per heavy atom. The second-order valence-electron chi connectivity index (χ2n) is 5.80. The summed E-state index contributed by atoms with van der Waals surface area (Å²) in [5, 5.41) is 8.81. The maximum Gasteiger partial charge on any atom is 0.255 e. The molecular weight excluding hydrogens is 262 g/mol. The highest BCUT2D eigenvalue weighted by atomic mass is 16.2. The van der Waals surface area contributed by atoms with Gasteiger partial charge in [0.2, 0.25) is 0 Å². The summed E-state index contributed by atoms with van der Waals surface area (Å²) < 4.78 is 0. The summed E-state index contributed by atoms with van der Waals surface area (Å²) in [5.74, 6) is 6.65. The summed E-state index contributed by atoms with van der Waals surface area (Å²) in [4.78, 5) is 14.7. The van der Waals surface area contributed by atoms with Crippen molar-refractivity contribution in [2.75, 3.05) is 13.2 Å². The van der Waals surface area contributed by atoms with Crippen LogP contribution < -0.4 is 0 Å². The molecule has 1 heterocycles. The molecule has 1 aromatic rings. The summed E-state index contributed by atoms with van der Waals surface area (Å²) >= 11 is 0. The van der Waals surface area contributed by atoms with Crippen LogP contribution >= 0.6 is 0 Å². The van der Waals surface area contributed by atoms with E-state index in [0.29, 0.717) is 17.9 Å². The summed E-state index contributed by atoms with van der Waals surface area (Å²) in [6.45, 7) is 5.23. The molecule has 112 valence electrons. The Hall–Kier alpha value is -1.79. The third-order valence-corrected chi connectivity index (χ3v) is 4.02. The van der Waals surface area contributed by atoms with Gasteiger partial charge in [0, 0.05) is 24.6 Å². The van der Waals surface area contributed by atoms with Gasteiger partial charge in [0.05, 0.1) is 12.2 Å². The van der Waals surface area contributed by atoms with Crippen molar-refractivity contribution >= 4 is 5.91 Å². The van der Waals surface area contributed by atoms with Crippen molar-refractivity contribution in [2.24, 2.45) is 5.92 Å². The number of hydrogen-bond acceptors (Lipinski definition) is 2. The number of amides is 1. The largest absolute Gasteiger partial charge is 0.395 e. The molecule has 3 nitrogen and oxygen atoms in total. The first-order valence-corrected chi connectivity index (χ1v) is 7.63. The topological polar surface area (TPSA) is 40.5 Å². The van der Waals surface area contributed by atoms with Crippen molar-refractivity contribution in [1.29, 1.82) is 0 Å². The van der Waals surface area contributed by atoms with Crippen molar-refractivity contribution in [1.82, 2.24) is 4.90 Å². The Bertz CT molecular complexity index is 556. The van der Waals surface area contributed by atoms with Crippen LogP contribution in [0.15, 0.2) is 24.3 Å². The normalized spacial score (nSPS) is 21.6. The number of piperidine rings is 1. The highest BCUT2D eigenvalue weighted by molar-refractivity contribution is 5.97. The van der Waals surface area contributed by atoms with Gasteiger partial charge in [-0.2, -0.15) is 0 Å². The van der Waals surface area contributed by atoms with E-state index in [1.54, 1.807) is 0 Å². The highest BCUT2D eigenvalue weighted by Gasteiger charge is 2.28. The number of carbonyl (C=O) groups excluding carboxylic acids is 1. The quantitative estimate of drug-likeness (QED) is 0.849. The van der Waals surface area contributed by atoms with E-state index in [2.05, 4.69) is 25.7 Å². The van der Waals surface area contributed by atoms with Crippen molar-refractivity contribution in [3.63, 3.8) is 0 Å². The Morgan fingerprint density at radius 2 is 2.14 bits per heavy atom. The van der Waals surface area contributed by atoms with Crippen LogP contribution in [0, 0.1) is 17.8 Å². The van der Waals surface area contributed by atoms with Gasteiger partial charge < -0.3 is 10.0 Å². The van der Waals surface area contributed by atoms with Crippen molar-refractivity contribution < 1.29 is 9.90 Å². The number of nitrogens with zero attached hydrogens (tertiary/aromatic N) is 1. The molecule has 2 unspecified atom stereocenters. The Labute approximate surface area is 127 Å². The molecule has 0 aliphatic carbocycles. The first-order chi connectivity index (χ1) is 10.1. The van der Waals surface area contributed by atoms with Crippen LogP contribution in [0.5, 0.6) is 0 Å². The Balaban J connectivity index is 2.21. The van der Waals surface area contributed by atoms with E-state index in [4.69, 9.17) is 5.11 Å². The van der Waals surface area contributed by atoms with Crippen LogP contribution in [0.25, 0.3) is 0 Å². The molecule has 2 rings (SSSR count). The molecule has 1 saturated heterocycles. The first-order valence-electron chi connectivity index (χ1n) is 7.63. The van der Waals surface area contributed by atoms with Crippen molar-refractivity contribution in [3.05, 3.63) is 35.4 Å². The zero-order chi connectivity index (χ0) is 15.2. The maximum absolute atomic E-state index is 12.8. The van der Waals surface area contributed by atoms with Gasteiger partial charge >= 0.3 is 0 Å². The fraction of sp³-hybridized carbons (Fsp3) is 0.500. The average molecular weight is 285 g/mol. The molecule has 1 N–H and O–H groups in total. The molecule has 3 heteroatoms. The van der Waals surface area contributed by atoms with E-state index in [0.717, 1.165) is 24.9 Å². The highest BCUT2D eigenvalue weighted by Crippen LogP contribution is 2.24. The lowest BCUT2D eigenvalue weighted by Crippen LogP contribution is -2.44.